The molecule has 3 heterocycles. The summed E-state index contributed by atoms with van der Waals surface area (Å²) in [4.78, 5) is 4.12. The van der Waals surface area contributed by atoms with Gasteiger partial charge >= 0.3 is 0 Å². The highest BCUT2D eigenvalue weighted by atomic mass is 19.1. The first-order valence-corrected chi connectivity index (χ1v) is 7.92. The molecule has 4 nitrogen and oxygen atoms in total. The minimum atomic E-state index is -0.408. The van der Waals surface area contributed by atoms with Crippen molar-refractivity contribution in [1.82, 2.24) is 14.8 Å². The number of ether oxygens (including phenoxy) is 1. The second-order valence-electron chi connectivity index (χ2n) is 6.13. The topological polar surface area (TPSA) is 39.9 Å². The lowest BCUT2D eigenvalue weighted by Gasteiger charge is -2.28. The predicted octanol–water partition coefficient (Wildman–Crippen LogP) is 3.73. The molecule has 0 bridgehead atoms. The number of aromatic nitrogens is 3. The van der Waals surface area contributed by atoms with Crippen molar-refractivity contribution in [2.45, 2.75) is 45.6 Å². The molecule has 0 spiro atoms. The Bertz CT molecular complexity index is 662. The number of nitrogens with zero attached hydrogens (tertiary/aromatic N) is 3. The maximum Gasteiger partial charge on any atom is 0.222 e. The molecule has 0 aromatic carbocycles. The molecule has 0 unspecified atom stereocenters. The first kappa shape index (κ1) is 15.2. The lowest BCUT2D eigenvalue weighted by atomic mass is 9.99. The summed E-state index contributed by atoms with van der Waals surface area (Å²) >= 11 is 0. The van der Waals surface area contributed by atoms with Crippen LogP contribution < -0.4 is 0 Å². The number of rotatable bonds is 5. The van der Waals surface area contributed by atoms with Gasteiger partial charge in [-0.2, -0.15) is 9.49 Å². The van der Waals surface area contributed by atoms with Gasteiger partial charge in [0.25, 0.3) is 0 Å². The molecular weight excluding hydrogens is 281 g/mol. The molecular formula is C17H22FN3O. The standard InChI is InChI=1S/C17H22FN3O/c1-4-5-12-6-7-14(17(18)20-12)16-15(11(2)3)8-19-21(16)13-9-22-10-13/h6-8,11,13H,4-5,9-10H2,1-3H3. The van der Waals surface area contributed by atoms with Crippen molar-refractivity contribution in [2.75, 3.05) is 13.2 Å². The Morgan fingerprint density at radius 3 is 2.68 bits per heavy atom. The van der Waals surface area contributed by atoms with Crippen LogP contribution in [0.15, 0.2) is 18.3 Å². The highest BCUT2D eigenvalue weighted by Gasteiger charge is 2.28. The van der Waals surface area contributed by atoms with E-state index < -0.39 is 5.95 Å². The highest BCUT2D eigenvalue weighted by Crippen LogP contribution is 2.34. The first-order valence-electron chi connectivity index (χ1n) is 7.92. The molecule has 0 amide bonds. The van der Waals surface area contributed by atoms with E-state index in [1.165, 1.54) is 0 Å². The zero-order valence-electron chi connectivity index (χ0n) is 13.3. The van der Waals surface area contributed by atoms with Gasteiger partial charge in [-0.25, -0.2) is 4.98 Å². The molecule has 2 aromatic heterocycles. The third-order valence-corrected chi connectivity index (χ3v) is 4.08. The summed E-state index contributed by atoms with van der Waals surface area (Å²) in [5.74, 6) is -0.130. The van der Waals surface area contributed by atoms with E-state index in [9.17, 15) is 4.39 Å². The average molecular weight is 303 g/mol. The molecule has 118 valence electrons. The predicted molar refractivity (Wildman–Crippen MR) is 83.4 cm³/mol. The van der Waals surface area contributed by atoms with Crippen molar-refractivity contribution in [3.63, 3.8) is 0 Å². The van der Waals surface area contributed by atoms with Crippen LogP contribution in [0, 0.1) is 5.95 Å². The van der Waals surface area contributed by atoms with Crippen molar-refractivity contribution >= 4 is 0 Å². The number of hydrogen-bond donors (Lipinski definition) is 0. The molecule has 3 rings (SSSR count). The molecule has 0 atom stereocenters. The van der Waals surface area contributed by atoms with Crippen molar-refractivity contribution in [3.8, 4) is 11.3 Å². The molecule has 0 saturated carbocycles. The summed E-state index contributed by atoms with van der Waals surface area (Å²) in [6.07, 6.45) is 3.60. The monoisotopic (exact) mass is 303 g/mol. The molecule has 1 fully saturated rings. The Labute approximate surface area is 130 Å². The van der Waals surface area contributed by atoms with E-state index in [-0.39, 0.29) is 12.0 Å². The van der Waals surface area contributed by atoms with Gasteiger partial charge in [0, 0.05) is 11.3 Å². The Hall–Kier alpha value is -1.75. The Morgan fingerprint density at radius 2 is 2.14 bits per heavy atom. The molecule has 22 heavy (non-hydrogen) atoms. The van der Waals surface area contributed by atoms with E-state index in [0.29, 0.717) is 18.8 Å². The quantitative estimate of drug-likeness (QED) is 0.790. The van der Waals surface area contributed by atoms with E-state index in [1.807, 2.05) is 23.0 Å². The highest BCUT2D eigenvalue weighted by molar-refractivity contribution is 5.64. The van der Waals surface area contributed by atoms with Crippen LogP contribution in [-0.4, -0.2) is 28.0 Å². The number of pyridine rings is 1. The van der Waals surface area contributed by atoms with Gasteiger partial charge in [0.05, 0.1) is 36.7 Å². The van der Waals surface area contributed by atoms with Crippen molar-refractivity contribution in [1.29, 1.82) is 0 Å². The Morgan fingerprint density at radius 1 is 1.36 bits per heavy atom. The fraction of sp³-hybridized carbons (Fsp3) is 0.529. The van der Waals surface area contributed by atoms with Gasteiger partial charge in [0.15, 0.2) is 0 Å². The SMILES string of the molecule is CCCc1ccc(-c2c(C(C)C)cnn2C2COC2)c(F)n1. The third-order valence-electron chi connectivity index (χ3n) is 4.08. The molecule has 1 aliphatic rings. The smallest absolute Gasteiger partial charge is 0.222 e. The van der Waals surface area contributed by atoms with Gasteiger partial charge in [0.2, 0.25) is 5.95 Å². The van der Waals surface area contributed by atoms with Gasteiger partial charge in [-0.05, 0) is 24.5 Å². The normalized spacial score (nSPS) is 15.3. The molecule has 0 N–H and O–H groups in total. The van der Waals surface area contributed by atoms with Gasteiger partial charge in [-0.3, -0.25) is 4.68 Å². The minimum absolute atomic E-state index is 0.192. The largest absolute Gasteiger partial charge is 0.377 e. The molecule has 5 heteroatoms. The molecule has 2 aromatic rings. The first-order chi connectivity index (χ1) is 10.6. The second-order valence-corrected chi connectivity index (χ2v) is 6.13. The summed E-state index contributed by atoms with van der Waals surface area (Å²) < 4.78 is 21.7. The van der Waals surface area contributed by atoms with E-state index in [2.05, 4.69) is 30.9 Å². The zero-order chi connectivity index (χ0) is 15.7. The van der Waals surface area contributed by atoms with Crippen LogP contribution >= 0.6 is 0 Å². The van der Waals surface area contributed by atoms with Crippen molar-refractivity contribution in [2.24, 2.45) is 0 Å². The molecule has 0 aliphatic carbocycles. The van der Waals surface area contributed by atoms with Crippen LogP contribution in [-0.2, 0) is 11.2 Å². The van der Waals surface area contributed by atoms with Crippen LogP contribution in [0.25, 0.3) is 11.3 Å². The van der Waals surface area contributed by atoms with E-state index in [1.54, 1.807) is 0 Å². The van der Waals surface area contributed by atoms with E-state index in [4.69, 9.17) is 4.74 Å². The second kappa shape index (κ2) is 6.16. The fourth-order valence-electron chi connectivity index (χ4n) is 2.76. The summed E-state index contributed by atoms with van der Waals surface area (Å²) in [5, 5.41) is 4.48. The minimum Gasteiger partial charge on any atom is -0.377 e. The molecule has 0 radical (unpaired) electrons. The lowest BCUT2D eigenvalue weighted by molar-refractivity contribution is -0.0279. The maximum atomic E-state index is 14.6. The van der Waals surface area contributed by atoms with E-state index in [0.717, 1.165) is 29.8 Å². The van der Waals surface area contributed by atoms with Crippen molar-refractivity contribution in [3.05, 3.63) is 35.5 Å². The maximum absolute atomic E-state index is 14.6. The van der Waals surface area contributed by atoms with Crippen molar-refractivity contribution < 1.29 is 9.13 Å². The van der Waals surface area contributed by atoms with Crippen LogP contribution in [0.4, 0.5) is 4.39 Å². The zero-order valence-corrected chi connectivity index (χ0v) is 13.3. The van der Waals surface area contributed by atoms with Gasteiger partial charge < -0.3 is 4.74 Å². The summed E-state index contributed by atoms with van der Waals surface area (Å²) in [6.45, 7) is 7.53. The third kappa shape index (κ3) is 2.65. The fourth-order valence-corrected chi connectivity index (χ4v) is 2.76. The average Bonchev–Trinajstić information content (AvgIpc) is 2.82. The summed E-state index contributed by atoms with van der Waals surface area (Å²) in [6, 6.07) is 3.95. The Balaban J connectivity index is 2.07. The number of hydrogen-bond acceptors (Lipinski definition) is 3. The Kier molecular flexibility index (Phi) is 4.25. The molecule has 1 saturated heterocycles. The lowest BCUT2D eigenvalue weighted by Crippen LogP contribution is -2.32. The van der Waals surface area contributed by atoms with Crippen LogP contribution in [0.3, 0.4) is 0 Å². The van der Waals surface area contributed by atoms with E-state index >= 15 is 0 Å². The van der Waals surface area contributed by atoms with Gasteiger partial charge in [0.1, 0.15) is 0 Å². The van der Waals surface area contributed by atoms with Crippen LogP contribution in [0.2, 0.25) is 0 Å². The summed E-state index contributed by atoms with van der Waals surface area (Å²) in [7, 11) is 0. The molecule has 1 aliphatic heterocycles. The van der Waals surface area contributed by atoms with Crippen LogP contribution in [0.1, 0.15) is 50.4 Å². The van der Waals surface area contributed by atoms with Crippen LogP contribution in [0.5, 0.6) is 0 Å². The number of aryl methyl sites for hydroxylation is 1. The summed E-state index contributed by atoms with van der Waals surface area (Å²) in [5.41, 5.74) is 3.23. The number of halogens is 1. The van der Waals surface area contributed by atoms with Gasteiger partial charge in [-0.1, -0.05) is 27.2 Å². The van der Waals surface area contributed by atoms with Gasteiger partial charge in [-0.15, -0.1) is 0 Å².